The molecule has 1 saturated heterocycles. The summed E-state index contributed by atoms with van der Waals surface area (Å²) in [6.07, 6.45) is 0. The predicted octanol–water partition coefficient (Wildman–Crippen LogP) is 0.405. The van der Waals surface area contributed by atoms with Crippen molar-refractivity contribution in [1.29, 1.82) is 0 Å². The fourth-order valence-corrected chi connectivity index (χ4v) is 4.96. The number of rotatable bonds is 5. The molecule has 1 atom stereocenters. The molecule has 1 heterocycles. The van der Waals surface area contributed by atoms with E-state index >= 15 is 0 Å². The molecule has 2 aromatic carbocycles. The first-order valence-electron chi connectivity index (χ1n) is 9.07. The van der Waals surface area contributed by atoms with E-state index in [1.54, 1.807) is 49.3 Å². The molecule has 0 bridgehead atoms. The second kappa shape index (κ2) is 8.21. The molecule has 0 radical (unpaired) electrons. The minimum atomic E-state index is -3.49. The number of piperazine rings is 1. The van der Waals surface area contributed by atoms with Gasteiger partial charge in [-0.25, -0.2) is 8.42 Å². The molecule has 6 nitrogen and oxygen atoms in total. The Morgan fingerprint density at radius 1 is 0.963 bits per heavy atom. The molecule has 27 heavy (non-hydrogen) atoms. The van der Waals surface area contributed by atoms with E-state index in [-0.39, 0.29) is 11.9 Å². The number of carbonyl (C=O) groups excluding carboxylic acids is 1. The Morgan fingerprint density at radius 3 is 2.00 bits per heavy atom. The summed E-state index contributed by atoms with van der Waals surface area (Å²) in [7, 11) is 0.0278. The molecule has 0 aliphatic carbocycles. The van der Waals surface area contributed by atoms with Crippen LogP contribution in [0.15, 0.2) is 65.6 Å². The van der Waals surface area contributed by atoms with Gasteiger partial charge in [-0.05, 0) is 12.1 Å². The Hall–Kier alpha value is -2.22. The fraction of sp³-hybridized carbons (Fsp3) is 0.350. The molecule has 0 spiro atoms. The zero-order valence-corrected chi connectivity index (χ0v) is 16.5. The summed E-state index contributed by atoms with van der Waals surface area (Å²) >= 11 is 0. The molecule has 1 N–H and O–H groups in total. The van der Waals surface area contributed by atoms with Gasteiger partial charge in [0, 0.05) is 19.7 Å². The zero-order chi connectivity index (χ0) is 19.4. The normalized spacial score (nSPS) is 17.4. The Balaban J connectivity index is 1.77. The summed E-state index contributed by atoms with van der Waals surface area (Å²) in [5, 5.41) is 0. The summed E-state index contributed by atoms with van der Waals surface area (Å²) in [5.41, 5.74) is 0.963. The van der Waals surface area contributed by atoms with Crippen LogP contribution in [0.5, 0.6) is 0 Å². The van der Waals surface area contributed by atoms with E-state index in [1.165, 1.54) is 4.31 Å². The Labute approximate surface area is 161 Å². The van der Waals surface area contributed by atoms with Gasteiger partial charge >= 0.3 is 0 Å². The summed E-state index contributed by atoms with van der Waals surface area (Å²) in [6.45, 7) is 1.98. The van der Waals surface area contributed by atoms with Gasteiger partial charge in [0.25, 0.3) is 5.91 Å². The highest BCUT2D eigenvalue weighted by Crippen LogP contribution is 2.16. The van der Waals surface area contributed by atoms with Gasteiger partial charge in [-0.1, -0.05) is 48.5 Å². The maximum Gasteiger partial charge on any atom is 0.285 e. The predicted molar refractivity (Wildman–Crippen MR) is 104 cm³/mol. The minimum Gasteiger partial charge on any atom is -0.343 e. The van der Waals surface area contributed by atoms with Crippen LogP contribution in [0.3, 0.4) is 0 Å². The van der Waals surface area contributed by atoms with E-state index in [2.05, 4.69) is 0 Å². The zero-order valence-electron chi connectivity index (χ0n) is 15.7. The molecule has 3 rings (SSSR count). The third-order valence-corrected chi connectivity index (χ3v) is 6.89. The molecule has 1 fully saturated rings. The third-order valence-electron chi connectivity index (χ3n) is 4.97. The van der Waals surface area contributed by atoms with Crippen LogP contribution < -0.4 is 4.90 Å². The average Bonchev–Trinajstić information content (AvgIpc) is 2.70. The van der Waals surface area contributed by atoms with Gasteiger partial charge in [0.2, 0.25) is 10.0 Å². The van der Waals surface area contributed by atoms with Crippen LogP contribution in [-0.4, -0.2) is 63.8 Å². The monoisotopic (exact) mass is 388 g/mol. The average molecular weight is 389 g/mol. The molecule has 1 aliphatic heterocycles. The van der Waals surface area contributed by atoms with Crippen molar-refractivity contribution in [2.24, 2.45) is 0 Å². The van der Waals surface area contributed by atoms with E-state index < -0.39 is 10.0 Å². The quantitative estimate of drug-likeness (QED) is 0.807. The van der Waals surface area contributed by atoms with Gasteiger partial charge in [-0.2, -0.15) is 4.31 Å². The Kier molecular flexibility index (Phi) is 5.94. The Bertz CT molecular complexity index is 862. The number of hydrogen-bond donors (Lipinski definition) is 1. The molecular formula is C20H26N3O3S+. The van der Waals surface area contributed by atoms with Crippen molar-refractivity contribution in [2.75, 3.05) is 40.3 Å². The summed E-state index contributed by atoms with van der Waals surface area (Å²) in [5.74, 6) is 0.0376. The van der Waals surface area contributed by atoms with Crippen LogP contribution in [0.2, 0.25) is 0 Å². The molecule has 2 aromatic rings. The fourth-order valence-electron chi connectivity index (χ4n) is 3.50. The lowest BCUT2D eigenvalue weighted by Crippen LogP contribution is -3.16. The summed E-state index contributed by atoms with van der Waals surface area (Å²) in [4.78, 5) is 15.8. The molecular weight excluding hydrogens is 362 g/mol. The standard InChI is InChI=1S/C20H25N3O3S/c1-21(2)20(24)19(17-9-5-3-6-10-17)22-13-15-23(16-14-22)27(25,26)18-11-7-4-8-12-18/h3-12,19H,13-16H2,1-2H3/p+1/t19-/m0/s1. The number of amides is 1. The largest absolute Gasteiger partial charge is 0.343 e. The van der Waals surface area contributed by atoms with Crippen molar-refractivity contribution in [1.82, 2.24) is 9.21 Å². The smallest absolute Gasteiger partial charge is 0.285 e. The van der Waals surface area contributed by atoms with Gasteiger partial charge in [-0.15, -0.1) is 0 Å². The molecule has 144 valence electrons. The highest BCUT2D eigenvalue weighted by Gasteiger charge is 2.38. The van der Waals surface area contributed by atoms with Crippen molar-refractivity contribution in [3.63, 3.8) is 0 Å². The van der Waals surface area contributed by atoms with Crippen molar-refractivity contribution in [3.05, 3.63) is 66.2 Å². The maximum absolute atomic E-state index is 12.8. The van der Waals surface area contributed by atoms with Crippen LogP contribution >= 0.6 is 0 Å². The van der Waals surface area contributed by atoms with Crippen molar-refractivity contribution >= 4 is 15.9 Å². The SMILES string of the molecule is CN(C)C(=O)[C@H](c1ccccc1)[NH+]1CCN(S(=O)(=O)c2ccccc2)CC1. The van der Waals surface area contributed by atoms with Crippen molar-refractivity contribution in [2.45, 2.75) is 10.9 Å². The number of benzene rings is 2. The molecule has 0 unspecified atom stereocenters. The lowest BCUT2D eigenvalue weighted by atomic mass is 10.0. The molecule has 1 aliphatic rings. The second-order valence-electron chi connectivity index (χ2n) is 6.95. The van der Waals surface area contributed by atoms with Gasteiger partial charge in [0.15, 0.2) is 6.04 Å². The highest BCUT2D eigenvalue weighted by atomic mass is 32.2. The molecule has 0 aromatic heterocycles. The molecule has 7 heteroatoms. The second-order valence-corrected chi connectivity index (χ2v) is 8.89. The molecule has 0 saturated carbocycles. The van der Waals surface area contributed by atoms with Crippen LogP contribution in [-0.2, 0) is 14.8 Å². The topological polar surface area (TPSA) is 62.1 Å². The Morgan fingerprint density at radius 2 is 1.48 bits per heavy atom. The number of quaternary nitrogens is 1. The first-order valence-corrected chi connectivity index (χ1v) is 10.5. The van der Waals surface area contributed by atoms with Gasteiger partial charge in [0.1, 0.15) is 0 Å². The number of carbonyl (C=O) groups is 1. The van der Waals surface area contributed by atoms with E-state index in [9.17, 15) is 13.2 Å². The van der Waals surface area contributed by atoms with Crippen molar-refractivity contribution in [3.8, 4) is 0 Å². The van der Waals surface area contributed by atoms with Gasteiger partial charge in [0.05, 0.1) is 31.1 Å². The third kappa shape index (κ3) is 4.21. The van der Waals surface area contributed by atoms with E-state index in [0.29, 0.717) is 31.1 Å². The lowest BCUT2D eigenvalue weighted by molar-refractivity contribution is -0.925. The summed E-state index contributed by atoms with van der Waals surface area (Å²) < 4.78 is 27.2. The number of nitrogens with zero attached hydrogens (tertiary/aromatic N) is 2. The van der Waals surface area contributed by atoms with Gasteiger partial charge < -0.3 is 9.80 Å². The lowest BCUT2D eigenvalue weighted by Gasteiger charge is -2.36. The van der Waals surface area contributed by atoms with Crippen LogP contribution in [0.1, 0.15) is 11.6 Å². The maximum atomic E-state index is 12.8. The van der Waals surface area contributed by atoms with Crippen molar-refractivity contribution < 1.29 is 18.1 Å². The molecule has 1 amide bonds. The van der Waals surface area contributed by atoms with Crippen LogP contribution in [0.4, 0.5) is 0 Å². The van der Waals surface area contributed by atoms with Crippen LogP contribution in [0, 0.1) is 0 Å². The highest BCUT2D eigenvalue weighted by molar-refractivity contribution is 7.89. The first-order chi connectivity index (χ1) is 12.9. The number of likely N-dealkylation sites (N-methyl/N-ethyl adjacent to an activating group) is 1. The summed E-state index contributed by atoms with van der Waals surface area (Å²) in [6, 6.07) is 17.9. The van der Waals surface area contributed by atoms with E-state index in [4.69, 9.17) is 0 Å². The first kappa shape index (κ1) is 19.5. The minimum absolute atomic E-state index is 0.0376. The van der Waals surface area contributed by atoms with Crippen LogP contribution in [0.25, 0.3) is 0 Å². The number of nitrogens with one attached hydrogen (secondary N) is 1. The number of sulfonamides is 1. The van der Waals surface area contributed by atoms with E-state index in [0.717, 1.165) is 10.5 Å². The van der Waals surface area contributed by atoms with Gasteiger partial charge in [-0.3, -0.25) is 4.79 Å². The van der Waals surface area contributed by atoms with E-state index in [1.807, 2.05) is 30.3 Å². The number of hydrogen-bond acceptors (Lipinski definition) is 3.